The maximum atomic E-state index is 10.6. The molecule has 0 unspecified atom stereocenters. The van der Waals surface area contributed by atoms with Crippen LogP contribution < -0.4 is 11.1 Å². The highest BCUT2D eigenvalue weighted by molar-refractivity contribution is 5.91. The number of carbonyl (C=O) groups is 2. The van der Waals surface area contributed by atoms with Gasteiger partial charge in [0.25, 0.3) is 0 Å². The topological polar surface area (TPSA) is 92.4 Å². The van der Waals surface area contributed by atoms with Gasteiger partial charge in [-0.25, -0.2) is 9.59 Å². The Morgan fingerprint density at radius 1 is 1.43 bits per heavy atom. The minimum absolute atomic E-state index is 0.178. The Bertz CT molecular complexity index is 388. The molecule has 0 atom stereocenters. The van der Waals surface area contributed by atoms with Crippen LogP contribution >= 0.6 is 0 Å². The second-order valence-electron chi connectivity index (χ2n) is 2.82. The van der Waals surface area contributed by atoms with Gasteiger partial charge < -0.3 is 16.2 Å². The van der Waals surface area contributed by atoms with Crippen LogP contribution in [0.1, 0.15) is 15.9 Å². The number of rotatable bonds is 2. The molecule has 0 saturated heterocycles. The van der Waals surface area contributed by atoms with Crippen LogP contribution in [0.25, 0.3) is 0 Å². The number of carboxylic acids is 1. The predicted molar refractivity (Wildman–Crippen MR) is 51.3 cm³/mol. The van der Waals surface area contributed by atoms with Gasteiger partial charge in [-0.15, -0.1) is 0 Å². The zero-order chi connectivity index (χ0) is 10.7. The Hall–Kier alpha value is -2.04. The number of aryl methyl sites for hydroxylation is 1. The molecular weight excluding hydrogens is 184 g/mol. The van der Waals surface area contributed by atoms with Crippen LogP contribution in [0.3, 0.4) is 0 Å². The summed E-state index contributed by atoms with van der Waals surface area (Å²) in [4.78, 5) is 21.1. The smallest absolute Gasteiger partial charge is 0.335 e. The van der Waals surface area contributed by atoms with Crippen molar-refractivity contribution in [1.29, 1.82) is 0 Å². The van der Waals surface area contributed by atoms with Crippen molar-refractivity contribution in [1.82, 2.24) is 0 Å². The number of carboxylic acid groups (broad SMARTS) is 1. The number of primary amides is 1. The fourth-order valence-corrected chi connectivity index (χ4v) is 1.07. The van der Waals surface area contributed by atoms with Crippen LogP contribution in [0.15, 0.2) is 18.2 Å². The van der Waals surface area contributed by atoms with Crippen LogP contribution in [0.2, 0.25) is 0 Å². The van der Waals surface area contributed by atoms with Crippen LogP contribution in [-0.2, 0) is 0 Å². The fourth-order valence-electron chi connectivity index (χ4n) is 1.07. The summed E-state index contributed by atoms with van der Waals surface area (Å²) in [5.74, 6) is -1.00. The lowest BCUT2D eigenvalue weighted by Crippen LogP contribution is -2.19. The minimum Gasteiger partial charge on any atom is -0.478 e. The highest BCUT2D eigenvalue weighted by atomic mass is 16.4. The van der Waals surface area contributed by atoms with E-state index in [0.29, 0.717) is 11.3 Å². The first kappa shape index (κ1) is 10.0. The number of anilines is 1. The predicted octanol–water partition coefficient (Wildman–Crippen LogP) is 1.18. The van der Waals surface area contributed by atoms with Gasteiger partial charge in [-0.2, -0.15) is 0 Å². The first-order valence-electron chi connectivity index (χ1n) is 3.91. The average molecular weight is 194 g/mol. The lowest BCUT2D eigenvalue weighted by Gasteiger charge is -2.06. The molecule has 14 heavy (non-hydrogen) atoms. The summed E-state index contributed by atoms with van der Waals surface area (Å²) in [7, 11) is 0. The zero-order valence-corrected chi connectivity index (χ0v) is 7.57. The van der Waals surface area contributed by atoms with E-state index < -0.39 is 12.0 Å². The summed E-state index contributed by atoms with van der Waals surface area (Å²) in [5, 5.41) is 11.1. The molecule has 5 heteroatoms. The second-order valence-corrected chi connectivity index (χ2v) is 2.82. The zero-order valence-electron chi connectivity index (χ0n) is 7.57. The van der Waals surface area contributed by atoms with Gasteiger partial charge in [0, 0.05) is 5.69 Å². The fraction of sp³-hybridized carbons (Fsp3) is 0.111. The molecule has 0 heterocycles. The molecule has 5 nitrogen and oxygen atoms in total. The molecule has 0 aliphatic heterocycles. The number of hydrogen-bond donors (Lipinski definition) is 3. The minimum atomic E-state index is -1.00. The lowest BCUT2D eigenvalue weighted by molar-refractivity contribution is 0.0697. The van der Waals surface area contributed by atoms with E-state index >= 15 is 0 Å². The summed E-state index contributed by atoms with van der Waals surface area (Å²) in [5.41, 5.74) is 6.28. The molecule has 0 aliphatic rings. The Balaban J connectivity index is 3.01. The van der Waals surface area contributed by atoms with E-state index in [0.717, 1.165) is 0 Å². The monoisotopic (exact) mass is 194 g/mol. The van der Waals surface area contributed by atoms with Gasteiger partial charge in [-0.05, 0) is 30.7 Å². The molecule has 1 aromatic carbocycles. The van der Waals surface area contributed by atoms with Gasteiger partial charge >= 0.3 is 12.0 Å². The van der Waals surface area contributed by atoms with Crippen molar-refractivity contribution in [3.05, 3.63) is 29.3 Å². The van der Waals surface area contributed by atoms with Gasteiger partial charge in [0.05, 0.1) is 5.56 Å². The van der Waals surface area contributed by atoms with Crippen molar-refractivity contribution in [2.75, 3.05) is 5.32 Å². The maximum Gasteiger partial charge on any atom is 0.335 e. The average Bonchev–Trinajstić information content (AvgIpc) is 2.07. The molecule has 0 aliphatic carbocycles. The van der Waals surface area contributed by atoms with E-state index in [1.165, 1.54) is 18.2 Å². The number of benzene rings is 1. The summed E-state index contributed by atoms with van der Waals surface area (Å²) in [6.45, 7) is 1.69. The Kier molecular flexibility index (Phi) is 2.71. The highest BCUT2D eigenvalue weighted by Gasteiger charge is 2.06. The molecular formula is C9H10N2O3. The third-order valence-corrected chi connectivity index (χ3v) is 1.73. The van der Waals surface area contributed by atoms with Gasteiger partial charge in [-0.1, -0.05) is 0 Å². The summed E-state index contributed by atoms with van der Waals surface area (Å²) < 4.78 is 0. The molecule has 0 fully saturated rings. The lowest BCUT2D eigenvalue weighted by atomic mass is 10.1. The quantitative estimate of drug-likeness (QED) is 0.660. The molecule has 0 saturated carbocycles. The molecule has 1 aromatic rings. The van der Waals surface area contributed by atoms with Crippen molar-refractivity contribution in [3.8, 4) is 0 Å². The number of aromatic carboxylic acids is 1. The molecule has 2 amide bonds. The van der Waals surface area contributed by atoms with Gasteiger partial charge in [-0.3, -0.25) is 0 Å². The number of hydrogen-bond acceptors (Lipinski definition) is 2. The van der Waals surface area contributed by atoms with Gasteiger partial charge in [0.2, 0.25) is 0 Å². The first-order valence-corrected chi connectivity index (χ1v) is 3.91. The molecule has 1 rings (SSSR count). The van der Waals surface area contributed by atoms with E-state index in [1.54, 1.807) is 6.92 Å². The maximum absolute atomic E-state index is 10.6. The Morgan fingerprint density at radius 2 is 2.07 bits per heavy atom. The van der Waals surface area contributed by atoms with Crippen molar-refractivity contribution in [3.63, 3.8) is 0 Å². The molecule has 0 aromatic heterocycles. The Morgan fingerprint density at radius 3 is 2.50 bits per heavy atom. The van der Waals surface area contributed by atoms with Crippen molar-refractivity contribution < 1.29 is 14.7 Å². The SMILES string of the molecule is Cc1cc(C(=O)O)ccc1NC(N)=O. The Labute approximate surface area is 80.5 Å². The van der Waals surface area contributed by atoms with Gasteiger partial charge in [0.15, 0.2) is 0 Å². The molecule has 4 N–H and O–H groups in total. The number of nitrogens with one attached hydrogen (secondary N) is 1. The van der Waals surface area contributed by atoms with Crippen LogP contribution in [0.5, 0.6) is 0 Å². The van der Waals surface area contributed by atoms with Gasteiger partial charge in [0.1, 0.15) is 0 Å². The normalized spacial score (nSPS) is 9.50. The van der Waals surface area contributed by atoms with Crippen molar-refractivity contribution >= 4 is 17.7 Å². The van der Waals surface area contributed by atoms with E-state index in [1.807, 2.05) is 0 Å². The standard InChI is InChI=1S/C9H10N2O3/c1-5-4-6(8(12)13)2-3-7(5)11-9(10)14/h2-4H,1H3,(H,12,13)(H3,10,11,14). The number of nitrogens with two attached hydrogens (primary N) is 1. The molecule has 0 bridgehead atoms. The largest absolute Gasteiger partial charge is 0.478 e. The molecule has 74 valence electrons. The highest BCUT2D eigenvalue weighted by Crippen LogP contribution is 2.16. The number of carbonyl (C=O) groups excluding carboxylic acids is 1. The van der Waals surface area contributed by atoms with Crippen LogP contribution in [-0.4, -0.2) is 17.1 Å². The number of urea groups is 1. The van der Waals surface area contributed by atoms with E-state index in [-0.39, 0.29) is 5.56 Å². The summed E-state index contributed by atoms with van der Waals surface area (Å²) in [6.07, 6.45) is 0. The van der Waals surface area contributed by atoms with Crippen molar-refractivity contribution in [2.24, 2.45) is 5.73 Å². The second kappa shape index (κ2) is 3.78. The molecule has 0 spiro atoms. The number of amides is 2. The third-order valence-electron chi connectivity index (χ3n) is 1.73. The van der Waals surface area contributed by atoms with E-state index in [9.17, 15) is 9.59 Å². The first-order chi connectivity index (χ1) is 6.50. The third kappa shape index (κ3) is 2.22. The van der Waals surface area contributed by atoms with Crippen LogP contribution in [0.4, 0.5) is 10.5 Å². The molecule has 0 radical (unpaired) electrons. The van der Waals surface area contributed by atoms with Crippen LogP contribution in [0, 0.1) is 6.92 Å². The van der Waals surface area contributed by atoms with Crippen molar-refractivity contribution in [2.45, 2.75) is 6.92 Å². The summed E-state index contributed by atoms with van der Waals surface area (Å²) >= 11 is 0. The van der Waals surface area contributed by atoms with E-state index in [2.05, 4.69) is 5.32 Å². The van der Waals surface area contributed by atoms with E-state index in [4.69, 9.17) is 10.8 Å². The summed E-state index contributed by atoms with van der Waals surface area (Å²) in [6, 6.07) is 3.70.